The zero-order valence-electron chi connectivity index (χ0n) is 12.3. The zero-order valence-corrected chi connectivity index (χ0v) is 12.3. The van der Waals surface area contributed by atoms with Gasteiger partial charge in [-0.05, 0) is 36.8 Å². The normalized spacial score (nSPS) is 19.5. The molecule has 2 N–H and O–H groups in total. The number of hydrogen-bond donors (Lipinski definition) is 2. The molecule has 1 unspecified atom stereocenters. The molecule has 106 valence electrons. The van der Waals surface area contributed by atoms with Crippen LogP contribution in [0, 0.1) is 0 Å². The first-order chi connectivity index (χ1) is 9.17. The molecule has 0 aliphatic heterocycles. The van der Waals surface area contributed by atoms with Crippen LogP contribution in [0.2, 0.25) is 0 Å². The molecule has 1 aromatic rings. The van der Waals surface area contributed by atoms with E-state index < -0.39 is 5.60 Å². The molecule has 2 nitrogen and oxygen atoms in total. The van der Waals surface area contributed by atoms with Gasteiger partial charge in [0, 0.05) is 12.6 Å². The molecule has 1 saturated carbocycles. The first kappa shape index (κ1) is 14.5. The fourth-order valence-corrected chi connectivity index (χ4v) is 3.01. The second-order valence-corrected chi connectivity index (χ2v) is 5.87. The van der Waals surface area contributed by atoms with Crippen molar-refractivity contribution in [2.45, 2.75) is 64.0 Å². The van der Waals surface area contributed by atoms with E-state index in [1.807, 2.05) is 0 Å². The summed E-state index contributed by atoms with van der Waals surface area (Å²) in [5.74, 6) is 0. The Labute approximate surface area is 117 Å². The molecule has 2 rings (SSSR count). The van der Waals surface area contributed by atoms with E-state index in [0.29, 0.717) is 6.04 Å². The van der Waals surface area contributed by atoms with E-state index in [0.717, 1.165) is 32.2 Å². The van der Waals surface area contributed by atoms with Crippen LogP contribution >= 0.6 is 0 Å². The lowest BCUT2D eigenvalue weighted by Crippen LogP contribution is -2.39. The van der Waals surface area contributed by atoms with E-state index in [1.165, 1.54) is 24.0 Å². The predicted molar refractivity (Wildman–Crippen MR) is 80.3 cm³/mol. The summed E-state index contributed by atoms with van der Waals surface area (Å²) in [6.45, 7) is 5.10. The van der Waals surface area contributed by atoms with Crippen LogP contribution in [-0.4, -0.2) is 17.3 Å². The van der Waals surface area contributed by atoms with Gasteiger partial charge >= 0.3 is 0 Å². The van der Waals surface area contributed by atoms with Crippen LogP contribution in [0.3, 0.4) is 0 Å². The molecule has 1 aromatic carbocycles. The van der Waals surface area contributed by atoms with Gasteiger partial charge in [-0.2, -0.15) is 0 Å². The number of rotatable bonds is 6. The Morgan fingerprint density at radius 2 is 1.79 bits per heavy atom. The maximum Gasteiger partial charge on any atom is 0.0771 e. The van der Waals surface area contributed by atoms with Gasteiger partial charge in [-0.15, -0.1) is 0 Å². The molecule has 19 heavy (non-hydrogen) atoms. The SMILES string of the molecule is CCc1ccc(C(CC)NCC2(O)CCCC2)cc1. The number of aliphatic hydroxyl groups is 1. The van der Waals surface area contributed by atoms with Crippen LogP contribution in [0.5, 0.6) is 0 Å². The van der Waals surface area contributed by atoms with Gasteiger partial charge < -0.3 is 10.4 Å². The van der Waals surface area contributed by atoms with Gasteiger partial charge in [-0.3, -0.25) is 0 Å². The summed E-state index contributed by atoms with van der Waals surface area (Å²) in [5, 5.41) is 14.0. The lowest BCUT2D eigenvalue weighted by atomic mass is 9.98. The Kier molecular flexibility index (Phi) is 5.00. The molecule has 0 radical (unpaired) electrons. The van der Waals surface area contributed by atoms with Gasteiger partial charge in [-0.1, -0.05) is 51.0 Å². The average molecular weight is 261 g/mol. The molecular formula is C17H27NO. The van der Waals surface area contributed by atoms with Crippen LogP contribution in [0.4, 0.5) is 0 Å². The topological polar surface area (TPSA) is 32.3 Å². The van der Waals surface area contributed by atoms with Crippen LogP contribution in [0.25, 0.3) is 0 Å². The highest BCUT2D eigenvalue weighted by molar-refractivity contribution is 5.25. The maximum atomic E-state index is 10.4. The first-order valence-electron chi connectivity index (χ1n) is 7.71. The predicted octanol–water partition coefficient (Wildman–Crippen LogP) is 3.59. The first-order valence-corrected chi connectivity index (χ1v) is 7.71. The summed E-state index contributed by atoms with van der Waals surface area (Å²) in [5.41, 5.74) is 2.26. The molecule has 0 bridgehead atoms. The van der Waals surface area contributed by atoms with Crippen molar-refractivity contribution in [3.05, 3.63) is 35.4 Å². The lowest BCUT2D eigenvalue weighted by Gasteiger charge is -2.26. The number of benzene rings is 1. The van der Waals surface area contributed by atoms with Gasteiger partial charge in [0.05, 0.1) is 5.60 Å². The summed E-state index contributed by atoms with van der Waals surface area (Å²) in [6.07, 6.45) is 6.38. The lowest BCUT2D eigenvalue weighted by molar-refractivity contribution is 0.0446. The molecular weight excluding hydrogens is 234 g/mol. The minimum atomic E-state index is -0.462. The number of hydrogen-bond acceptors (Lipinski definition) is 2. The molecule has 1 aliphatic carbocycles. The van der Waals surface area contributed by atoms with E-state index in [2.05, 4.69) is 43.4 Å². The van der Waals surface area contributed by atoms with E-state index >= 15 is 0 Å². The Morgan fingerprint density at radius 1 is 1.16 bits per heavy atom. The van der Waals surface area contributed by atoms with Gasteiger partial charge in [-0.25, -0.2) is 0 Å². The average Bonchev–Trinajstić information content (AvgIpc) is 2.87. The highest BCUT2D eigenvalue weighted by atomic mass is 16.3. The molecule has 0 amide bonds. The van der Waals surface area contributed by atoms with Crippen LogP contribution in [0.15, 0.2) is 24.3 Å². The summed E-state index contributed by atoms with van der Waals surface area (Å²) >= 11 is 0. The van der Waals surface area contributed by atoms with E-state index in [-0.39, 0.29) is 0 Å². The van der Waals surface area contributed by atoms with E-state index in [4.69, 9.17) is 0 Å². The largest absolute Gasteiger partial charge is 0.389 e. The quantitative estimate of drug-likeness (QED) is 0.820. The standard InChI is InChI=1S/C17H27NO/c1-3-14-7-9-15(10-8-14)16(4-2)18-13-17(19)11-5-6-12-17/h7-10,16,18-19H,3-6,11-13H2,1-2H3. The van der Waals surface area contributed by atoms with E-state index in [9.17, 15) is 5.11 Å². The summed E-state index contributed by atoms with van der Waals surface area (Å²) < 4.78 is 0. The fourth-order valence-electron chi connectivity index (χ4n) is 3.01. The minimum Gasteiger partial charge on any atom is -0.389 e. The molecule has 1 atom stereocenters. The molecule has 0 saturated heterocycles. The summed E-state index contributed by atoms with van der Waals surface area (Å²) in [6, 6.07) is 9.22. The fraction of sp³-hybridized carbons (Fsp3) is 0.647. The third-order valence-corrected chi connectivity index (χ3v) is 4.41. The van der Waals surface area contributed by atoms with Crippen LogP contribution < -0.4 is 5.32 Å². The van der Waals surface area contributed by atoms with Gasteiger partial charge in [0.2, 0.25) is 0 Å². The third-order valence-electron chi connectivity index (χ3n) is 4.41. The Morgan fingerprint density at radius 3 is 2.32 bits per heavy atom. The van der Waals surface area contributed by atoms with Crippen LogP contribution in [0.1, 0.15) is 63.1 Å². The third kappa shape index (κ3) is 3.80. The van der Waals surface area contributed by atoms with Gasteiger partial charge in [0.15, 0.2) is 0 Å². The highest BCUT2D eigenvalue weighted by Gasteiger charge is 2.31. The van der Waals surface area contributed by atoms with Gasteiger partial charge in [0.1, 0.15) is 0 Å². The highest BCUT2D eigenvalue weighted by Crippen LogP contribution is 2.29. The molecule has 0 spiro atoms. The van der Waals surface area contributed by atoms with Crippen LogP contribution in [-0.2, 0) is 6.42 Å². The maximum absolute atomic E-state index is 10.4. The molecule has 0 aromatic heterocycles. The van der Waals surface area contributed by atoms with Gasteiger partial charge in [0.25, 0.3) is 0 Å². The van der Waals surface area contributed by atoms with Crippen molar-refractivity contribution in [2.24, 2.45) is 0 Å². The minimum absolute atomic E-state index is 0.357. The molecule has 0 heterocycles. The molecule has 1 aliphatic rings. The van der Waals surface area contributed by atoms with Crippen molar-refractivity contribution in [3.8, 4) is 0 Å². The Hall–Kier alpha value is -0.860. The van der Waals surface area contributed by atoms with Crippen molar-refractivity contribution < 1.29 is 5.11 Å². The molecule has 1 fully saturated rings. The Balaban J connectivity index is 1.95. The number of aryl methyl sites for hydroxylation is 1. The zero-order chi connectivity index (χ0) is 13.7. The summed E-state index contributed by atoms with van der Waals surface area (Å²) in [4.78, 5) is 0. The van der Waals surface area contributed by atoms with Crippen molar-refractivity contribution in [1.29, 1.82) is 0 Å². The second kappa shape index (κ2) is 6.53. The summed E-state index contributed by atoms with van der Waals surface area (Å²) in [7, 11) is 0. The van der Waals surface area contributed by atoms with E-state index in [1.54, 1.807) is 0 Å². The Bertz CT molecular complexity index is 379. The van der Waals surface area contributed by atoms with Crippen molar-refractivity contribution >= 4 is 0 Å². The smallest absolute Gasteiger partial charge is 0.0771 e. The number of nitrogens with one attached hydrogen (secondary N) is 1. The van der Waals surface area contributed by atoms with Crippen molar-refractivity contribution in [3.63, 3.8) is 0 Å². The van der Waals surface area contributed by atoms with Crippen molar-refractivity contribution in [2.75, 3.05) is 6.54 Å². The second-order valence-electron chi connectivity index (χ2n) is 5.87. The van der Waals surface area contributed by atoms with Crippen molar-refractivity contribution in [1.82, 2.24) is 5.32 Å². The molecule has 2 heteroatoms. The monoisotopic (exact) mass is 261 g/mol.